The molecule has 3 atom stereocenters. The monoisotopic (exact) mass is 505 g/mol. The largest absolute Gasteiger partial charge is 0.468 e. The number of nitro groups is 1. The molecule has 0 radical (unpaired) electrons. The summed E-state index contributed by atoms with van der Waals surface area (Å²) in [6, 6.07) is 16.1. The van der Waals surface area contributed by atoms with Gasteiger partial charge in [-0.25, -0.2) is 4.79 Å². The fraction of sp³-hybridized carbons (Fsp3) is 0.393. The highest BCUT2D eigenvalue weighted by Gasteiger charge is 2.45. The molecular formula is C28H31N3O6. The zero-order valence-corrected chi connectivity index (χ0v) is 21.5. The molecule has 0 N–H and O–H groups in total. The van der Waals surface area contributed by atoms with Crippen molar-refractivity contribution in [2.24, 2.45) is 10.9 Å². The van der Waals surface area contributed by atoms with Crippen molar-refractivity contribution in [2.45, 2.75) is 45.3 Å². The Labute approximate surface area is 215 Å². The van der Waals surface area contributed by atoms with E-state index in [1.165, 1.54) is 24.8 Å². The molecule has 2 aromatic rings. The highest BCUT2D eigenvalue weighted by Crippen LogP contribution is 2.42. The van der Waals surface area contributed by atoms with Crippen LogP contribution in [0.25, 0.3) is 0 Å². The van der Waals surface area contributed by atoms with Gasteiger partial charge in [0.2, 0.25) is 0 Å². The van der Waals surface area contributed by atoms with Gasteiger partial charge in [0.15, 0.2) is 0 Å². The number of hydrogen-bond donors (Lipinski definition) is 0. The van der Waals surface area contributed by atoms with Gasteiger partial charge in [-0.3, -0.25) is 24.8 Å². The molecule has 1 saturated heterocycles. The number of likely N-dealkylation sites (tertiary alicyclic amines) is 1. The lowest BCUT2D eigenvalue weighted by molar-refractivity contribution is -0.384. The number of carbonyl (C=O) groups excluding carboxylic acids is 2. The Morgan fingerprint density at radius 3 is 2.57 bits per heavy atom. The van der Waals surface area contributed by atoms with Crippen LogP contribution in [0, 0.1) is 16.0 Å². The molecule has 0 aliphatic carbocycles. The maximum atomic E-state index is 13.7. The highest BCUT2D eigenvalue weighted by atomic mass is 16.6. The summed E-state index contributed by atoms with van der Waals surface area (Å²) in [5, 5.41) is 11.5. The number of hydrogen-bond acceptors (Lipinski definition) is 8. The number of nitrogens with zero attached hydrogens (tertiary/aromatic N) is 3. The van der Waals surface area contributed by atoms with Crippen LogP contribution in [0.4, 0.5) is 5.69 Å². The van der Waals surface area contributed by atoms with E-state index >= 15 is 0 Å². The van der Waals surface area contributed by atoms with Gasteiger partial charge < -0.3 is 9.47 Å². The lowest BCUT2D eigenvalue weighted by Gasteiger charge is -2.33. The van der Waals surface area contributed by atoms with E-state index in [0.717, 1.165) is 13.1 Å². The summed E-state index contributed by atoms with van der Waals surface area (Å²) in [7, 11) is 1.27. The molecule has 2 aliphatic rings. The van der Waals surface area contributed by atoms with Crippen molar-refractivity contribution in [2.75, 3.05) is 20.2 Å². The summed E-state index contributed by atoms with van der Waals surface area (Å²) < 4.78 is 11.2. The van der Waals surface area contributed by atoms with Gasteiger partial charge in [0.05, 0.1) is 17.6 Å². The summed E-state index contributed by atoms with van der Waals surface area (Å²) in [4.78, 5) is 44.3. The third-order valence-electron chi connectivity index (χ3n) is 7.05. The van der Waals surface area contributed by atoms with Crippen molar-refractivity contribution in [3.8, 4) is 0 Å². The maximum Gasteiger partial charge on any atom is 0.337 e. The summed E-state index contributed by atoms with van der Waals surface area (Å²) >= 11 is 0. The average Bonchev–Trinajstić information content (AvgIpc) is 3.23. The van der Waals surface area contributed by atoms with Crippen molar-refractivity contribution >= 4 is 23.3 Å². The van der Waals surface area contributed by atoms with Crippen molar-refractivity contribution in [1.29, 1.82) is 0 Å². The fourth-order valence-corrected chi connectivity index (χ4v) is 5.29. The number of esters is 2. The van der Waals surface area contributed by atoms with Crippen LogP contribution in [0.3, 0.4) is 0 Å². The SMILES string of the molecule is COC(=O)C1C(C)=NC(C)=C(C(=O)OC2(C)CCN(Cc3ccccc3)C2)[C@@H]1c1cccc([N+](=O)[O-])c1. The first-order chi connectivity index (χ1) is 17.6. The minimum atomic E-state index is -0.913. The van der Waals surface area contributed by atoms with Gasteiger partial charge in [0.1, 0.15) is 11.5 Å². The van der Waals surface area contributed by atoms with Gasteiger partial charge >= 0.3 is 11.9 Å². The first-order valence-corrected chi connectivity index (χ1v) is 12.2. The molecule has 0 saturated carbocycles. The topological polar surface area (TPSA) is 111 Å². The molecular weight excluding hydrogens is 474 g/mol. The number of carbonyl (C=O) groups is 2. The first kappa shape index (κ1) is 26.2. The normalized spacial score (nSPS) is 23.9. The number of allylic oxidation sites excluding steroid dienone is 1. The number of methoxy groups -OCH3 is 1. The lowest BCUT2D eigenvalue weighted by atomic mass is 9.75. The Bertz CT molecular complexity index is 1270. The van der Waals surface area contributed by atoms with Crippen LogP contribution in [0.2, 0.25) is 0 Å². The number of rotatable bonds is 7. The standard InChI is InChI=1S/C28H31N3O6/c1-18-23(26(32)36-4)25(21-11-8-12-22(15-21)31(34)35)24(19(2)29-18)27(33)37-28(3)13-14-30(17-28)16-20-9-6-5-7-10-20/h5-12,15,23,25H,13-14,16-17H2,1-4H3/t23?,25-,28?/m1/s1. The number of benzene rings is 2. The van der Waals surface area contributed by atoms with E-state index < -0.39 is 34.3 Å². The fourth-order valence-electron chi connectivity index (χ4n) is 5.29. The van der Waals surface area contributed by atoms with Gasteiger partial charge in [-0.2, -0.15) is 0 Å². The minimum absolute atomic E-state index is 0.133. The molecule has 2 heterocycles. The van der Waals surface area contributed by atoms with Crippen molar-refractivity contribution < 1.29 is 24.0 Å². The van der Waals surface area contributed by atoms with Gasteiger partial charge in [0, 0.05) is 55.5 Å². The van der Waals surface area contributed by atoms with Crippen molar-refractivity contribution in [3.05, 3.63) is 87.1 Å². The molecule has 0 spiro atoms. The van der Waals surface area contributed by atoms with Gasteiger partial charge in [-0.1, -0.05) is 42.5 Å². The highest BCUT2D eigenvalue weighted by molar-refractivity contribution is 6.07. The average molecular weight is 506 g/mol. The molecule has 194 valence electrons. The van der Waals surface area contributed by atoms with E-state index in [1.54, 1.807) is 26.0 Å². The molecule has 2 aromatic carbocycles. The number of aliphatic imine (C=N–C) groups is 1. The summed E-state index contributed by atoms with van der Waals surface area (Å²) in [5.74, 6) is -2.90. The molecule has 9 heteroatoms. The Morgan fingerprint density at radius 1 is 1.16 bits per heavy atom. The zero-order valence-electron chi connectivity index (χ0n) is 21.5. The Kier molecular flexibility index (Phi) is 7.54. The first-order valence-electron chi connectivity index (χ1n) is 12.2. The summed E-state index contributed by atoms with van der Waals surface area (Å²) in [5.41, 5.74) is 1.87. The number of nitro benzene ring substituents is 1. The Morgan fingerprint density at radius 2 is 1.89 bits per heavy atom. The summed E-state index contributed by atoms with van der Waals surface area (Å²) in [6.07, 6.45) is 0.655. The second kappa shape index (κ2) is 10.6. The molecule has 4 rings (SSSR count). The molecule has 2 unspecified atom stereocenters. The quantitative estimate of drug-likeness (QED) is 0.311. The maximum absolute atomic E-state index is 13.7. The molecule has 1 fully saturated rings. The molecule has 37 heavy (non-hydrogen) atoms. The second-order valence-electron chi connectivity index (χ2n) is 9.87. The lowest BCUT2D eigenvalue weighted by Crippen LogP contribution is -2.40. The van der Waals surface area contributed by atoms with Crippen LogP contribution in [0.15, 0.2) is 70.9 Å². The van der Waals surface area contributed by atoms with Crippen LogP contribution < -0.4 is 0 Å². The van der Waals surface area contributed by atoms with Crippen molar-refractivity contribution in [3.63, 3.8) is 0 Å². The predicted octanol–water partition coefficient (Wildman–Crippen LogP) is 4.42. The van der Waals surface area contributed by atoms with Gasteiger partial charge in [-0.05, 0) is 31.9 Å². The molecule has 0 amide bonds. The van der Waals surface area contributed by atoms with Crippen LogP contribution in [-0.2, 0) is 25.6 Å². The molecule has 2 aliphatic heterocycles. The van der Waals surface area contributed by atoms with Gasteiger partial charge in [-0.15, -0.1) is 0 Å². The third-order valence-corrected chi connectivity index (χ3v) is 7.05. The number of ether oxygens (including phenoxy) is 2. The minimum Gasteiger partial charge on any atom is -0.468 e. The van der Waals surface area contributed by atoms with E-state index in [2.05, 4.69) is 22.0 Å². The molecule has 9 nitrogen and oxygen atoms in total. The molecule has 0 aromatic heterocycles. The van der Waals surface area contributed by atoms with Crippen molar-refractivity contribution in [1.82, 2.24) is 4.90 Å². The molecule has 0 bridgehead atoms. The van der Waals surface area contributed by atoms with Crippen LogP contribution in [0.5, 0.6) is 0 Å². The Hall–Kier alpha value is -3.85. The predicted molar refractivity (Wildman–Crippen MR) is 138 cm³/mol. The third kappa shape index (κ3) is 5.61. The van der Waals surface area contributed by atoms with E-state index in [0.29, 0.717) is 29.9 Å². The van der Waals surface area contributed by atoms with E-state index in [1.807, 2.05) is 25.1 Å². The van der Waals surface area contributed by atoms with Crippen LogP contribution >= 0.6 is 0 Å². The summed E-state index contributed by atoms with van der Waals surface area (Å²) in [6.45, 7) is 7.37. The Balaban J connectivity index is 1.64. The van der Waals surface area contributed by atoms with Gasteiger partial charge in [0.25, 0.3) is 5.69 Å². The van der Waals surface area contributed by atoms with E-state index in [-0.39, 0.29) is 11.3 Å². The zero-order chi connectivity index (χ0) is 26.7. The smallest absolute Gasteiger partial charge is 0.337 e. The number of non-ortho nitro benzene ring substituents is 1. The van der Waals surface area contributed by atoms with Crippen LogP contribution in [0.1, 0.15) is 44.2 Å². The second-order valence-corrected chi connectivity index (χ2v) is 9.87. The van der Waals surface area contributed by atoms with E-state index in [4.69, 9.17) is 9.47 Å². The van der Waals surface area contributed by atoms with Crippen LogP contribution in [-0.4, -0.2) is 53.3 Å². The van der Waals surface area contributed by atoms with E-state index in [9.17, 15) is 19.7 Å².